The van der Waals surface area contributed by atoms with Gasteiger partial charge in [-0.25, -0.2) is 14.2 Å². The molecule has 0 fully saturated rings. The number of aryl methyl sites for hydroxylation is 1. The lowest BCUT2D eigenvalue weighted by Gasteiger charge is -2.13. The minimum Gasteiger partial charge on any atom is -0.383 e. The molecule has 0 aliphatic rings. The SMILES string of the molecule is Cc1ccc(NC(=O)NCc2cccc(-c3cc(F)cnc3N)c2)cc1C(F)(F)F. The van der Waals surface area contributed by atoms with Crippen molar-refractivity contribution in [2.24, 2.45) is 0 Å². The highest BCUT2D eigenvalue weighted by atomic mass is 19.4. The number of nitrogen functional groups attached to an aromatic ring is 1. The van der Waals surface area contributed by atoms with Crippen molar-refractivity contribution in [2.75, 3.05) is 11.1 Å². The Balaban J connectivity index is 1.68. The Bertz CT molecular complexity index is 1080. The first-order valence-electron chi connectivity index (χ1n) is 8.86. The van der Waals surface area contributed by atoms with E-state index in [-0.39, 0.29) is 23.6 Å². The summed E-state index contributed by atoms with van der Waals surface area (Å²) in [6, 6.07) is 11.0. The summed E-state index contributed by atoms with van der Waals surface area (Å²) >= 11 is 0. The highest BCUT2D eigenvalue weighted by Crippen LogP contribution is 2.33. The summed E-state index contributed by atoms with van der Waals surface area (Å²) in [6.45, 7) is 1.45. The normalized spacial score (nSPS) is 11.2. The molecule has 1 aromatic heterocycles. The Morgan fingerprint density at radius 3 is 2.63 bits per heavy atom. The molecule has 0 aliphatic heterocycles. The number of carbonyl (C=O) groups is 1. The number of nitrogens with zero attached hydrogens (tertiary/aromatic N) is 1. The third kappa shape index (κ3) is 5.05. The van der Waals surface area contributed by atoms with Crippen LogP contribution in [0.5, 0.6) is 0 Å². The van der Waals surface area contributed by atoms with Crippen molar-refractivity contribution in [3.63, 3.8) is 0 Å². The maximum atomic E-state index is 13.5. The number of nitrogens with two attached hydrogens (primary N) is 1. The molecule has 0 aliphatic carbocycles. The van der Waals surface area contributed by atoms with Crippen molar-refractivity contribution in [1.82, 2.24) is 10.3 Å². The molecule has 2 aromatic carbocycles. The molecule has 5 nitrogen and oxygen atoms in total. The number of urea groups is 1. The van der Waals surface area contributed by atoms with Crippen LogP contribution in [0, 0.1) is 12.7 Å². The molecule has 0 atom stereocenters. The van der Waals surface area contributed by atoms with Gasteiger partial charge in [-0.05, 0) is 47.9 Å². The van der Waals surface area contributed by atoms with Gasteiger partial charge in [-0.1, -0.05) is 24.3 Å². The van der Waals surface area contributed by atoms with Gasteiger partial charge in [-0.15, -0.1) is 0 Å². The first kappa shape index (κ1) is 21.1. The lowest BCUT2D eigenvalue weighted by atomic mass is 10.0. The molecule has 9 heteroatoms. The molecule has 30 heavy (non-hydrogen) atoms. The highest BCUT2D eigenvalue weighted by molar-refractivity contribution is 5.89. The first-order chi connectivity index (χ1) is 14.1. The molecule has 4 N–H and O–H groups in total. The summed E-state index contributed by atoms with van der Waals surface area (Å²) in [5.74, 6) is -0.363. The number of aromatic nitrogens is 1. The van der Waals surface area contributed by atoms with Crippen LogP contribution in [0.2, 0.25) is 0 Å². The molecule has 0 saturated heterocycles. The Labute approximate surface area is 169 Å². The maximum Gasteiger partial charge on any atom is 0.416 e. The smallest absolute Gasteiger partial charge is 0.383 e. The number of nitrogens with one attached hydrogen (secondary N) is 2. The lowest BCUT2D eigenvalue weighted by Crippen LogP contribution is -2.28. The summed E-state index contributed by atoms with van der Waals surface area (Å²) in [6.07, 6.45) is -3.49. The second kappa shape index (κ2) is 8.40. The van der Waals surface area contributed by atoms with Crippen LogP contribution in [-0.4, -0.2) is 11.0 Å². The Kier molecular flexibility index (Phi) is 5.91. The Hall–Kier alpha value is -3.62. The third-order valence-electron chi connectivity index (χ3n) is 4.38. The van der Waals surface area contributed by atoms with Gasteiger partial charge >= 0.3 is 12.2 Å². The van der Waals surface area contributed by atoms with Gasteiger partial charge in [0.2, 0.25) is 0 Å². The fourth-order valence-corrected chi connectivity index (χ4v) is 2.89. The number of carbonyl (C=O) groups excluding carboxylic acids is 1. The number of hydrogen-bond acceptors (Lipinski definition) is 3. The molecule has 3 rings (SSSR count). The van der Waals surface area contributed by atoms with E-state index in [9.17, 15) is 22.4 Å². The summed E-state index contributed by atoms with van der Waals surface area (Å²) < 4.78 is 52.5. The minimum atomic E-state index is -4.51. The van der Waals surface area contributed by atoms with E-state index in [4.69, 9.17) is 5.73 Å². The van der Waals surface area contributed by atoms with Crippen molar-refractivity contribution in [1.29, 1.82) is 0 Å². The van der Waals surface area contributed by atoms with E-state index in [1.54, 1.807) is 24.3 Å². The average Bonchev–Trinajstić information content (AvgIpc) is 2.69. The number of alkyl halides is 3. The van der Waals surface area contributed by atoms with Crippen LogP contribution in [0.4, 0.5) is 33.9 Å². The monoisotopic (exact) mass is 418 g/mol. The van der Waals surface area contributed by atoms with Crippen LogP contribution in [0.25, 0.3) is 11.1 Å². The predicted molar refractivity (Wildman–Crippen MR) is 106 cm³/mol. The van der Waals surface area contributed by atoms with Crippen LogP contribution in [0.1, 0.15) is 16.7 Å². The van der Waals surface area contributed by atoms with Crippen LogP contribution in [-0.2, 0) is 12.7 Å². The number of anilines is 2. The van der Waals surface area contributed by atoms with E-state index in [1.807, 2.05) is 0 Å². The lowest BCUT2D eigenvalue weighted by molar-refractivity contribution is -0.138. The van der Waals surface area contributed by atoms with Crippen LogP contribution < -0.4 is 16.4 Å². The molecule has 0 spiro atoms. The highest BCUT2D eigenvalue weighted by Gasteiger charge is 2.32. The second-order valence-electron chi connectivity index (χ2n) is 6.62. The van der Waals surface area contributed by atoms with Gasteiger partial charge in [0.05, 0.1) is 11.8 Å². The number of halogens is 4. The van der Waals surface area contributed by atoms with E-state index in [0.717, 1.165) is 12.3 Å². The van der Waals surface area contributed by atoms with Crippen LogP contribution >= 0.6 is 0 Å². The molecular formula is C21H18F4N4O. The number of amides is 2. The summed E-state index contributed by atoms with van der Waals surface area (Å²) in [4.78, 5) is 15.9. The molecule has 3 aromatic rings. The maximum absolute atomic E-state index is 13.5. The van der Waals surface area contributed by atoms with Crippen molar-refractivity contribution in [3.05, 3.63) is 77.2 Å². The van der Waals surface area contributed by atoms with E-state index in [0.29, 0.717) is 16.7 Å². The molecule has 1 heterocycles. The quantitative estimate of drug-likeness (QED) is 0.515. The van der Waals surface area contributed by atoms with Gasteiger partial charge < -0.3 is 16.4 Å². The van der Waals surface area contributed by atoms with Gasteiger partial charge in [0.25, 0.3) is 0 Å². The first-order valence-corrected chi connectivity index (χ1v) is 8.86. The molecule has 0 radical (unpaired) electrons. The summed E-state index contributed by atoms with van der Waals surface area (Å²) in [7, 11) is 0. The molecule has 0 saturated carbocycles. The zero-order valence-electron chi connectivity index (χ0n) is 15.8. The number of benzene rings is 2. The molecule has 156 valence electrons. The molecule has 0 bridgehead atoms. The number of hydrogen-bond donors (Lipinski definition) is 3. The van der Waals surface area contributed by atoms with Crippen LogP contribution in [0.3, 0.4) is 0 Å². The minimum absolute atomic E-state index is 0.0257. The summed E-state index contributed by atoms with van der Waals surface area (Å²) in [5, 5.41) is 4.96. The Morgan fingerprint density at radius 1 is 1.13 bits per heavy atom. The van der Waals surface area contributed by atoms with Crippen LogP contribution in [0.15, 0.2) is 54.7 Å². The van der Waals surface area contributed by atoms with Crippen molar-refractivity contribution < 1.29 is 22.4 Å². The zero-order chi connectivity index (χ0) is 21.9. The largest absolute Gasteiger partial charge is 0.416 e. The van der Waals surface area contributed by atoms with E-state index in [2.05, 4.69) is 15.6 Å². The van der Waals surface area contributed by atoms with Crippen molar-refractivity contribution in [3.8, 4) is 11.1 Å². The zero-order valence-corrected chi connectivity index (χ0v) is 15.8. The fraction of sp³-hybridized carbons (Fsp3) is 0.143. The van der Waals surface area contributed by atoms with Crippen molar-refractivity contribution in [2.45, 2.75) is 19.6 Å². The summed E-state index contributed by atoms with van der Waals surface area (Å²) in [5.41, 5.74) is 6.80. The second-order valence-corrected chi connectivity index (χ2v) is 6.62. The van der Waals surface area contributed by atoms with Gasteiger partial charge in [0.15, 0.2) is 0 Å². The molecular weight excluding hydrogens is 400 g/mol. The topological polar surface area (TPSA) is 80.0 Å². The van der Waals surface area contributed by atoms with E-state index in [1.165, 1.54) is 25.1 Å². The Morgan fingerprint density at radius 2 is 1.90 bits per heavy atom. The average molecular weight is 418 g/mol. The van der Waals surface area contributed by atoms with Gasteiger partial charge in [-0.3, -0.25) is 0 Å². The van der Waals surface area contributed by atoms with E-state index >= 15 is 0 Å². The molecule has 2 amide bonds. The van der Waals surface area contributed by atoms with E-state index < -0.39 is 23.6 Å². The third-order valence-corrected chi connectivity index (χ3v) is 4.38. The van der Waals surface area contributed by atoms with Gasteiger partial charge in [0.1, 0.15) is 11.6 Å². The number of pyridine rings is 1. The predicted octanol–water partition coefficient (Wildman–Crippen LogP) is 5.12. The standard InChI is InChI=1S/C21H18F4N4O/c1-12-5-6-16(9-18(12)21(23,24)25)29-20(30)28-10-13-3-2-4-14(7-13)17-8-15(22)11-27-19(17)26/h2-9,11H,10H2,1H3,(H2,26,27)(H2,28,29,30). The fourth-order valence-electron chi connectivity index (χ4n) is 2.89. The van der Waals surface area contributed by atoms with Crippen molar-refractivity contribution >= 4 is 17.5 Å². The number of rotatable bonds is 4. The molecule has 0 unspecified atom stereocenters. The van der Waals surface area contributed by atoms with Gasteiger partial charge in [0, 0.05) is 17.8 Å². The van der Waals surface area contributed by atoms with Gasteiger partial charge in [-0.2, -0.15) is 13.2 Å².